The van der Waals surface area contributed by atoms with Crippen molar-refractivity contribution in [3.8, 4) is 0 Å². The lowest BCUT2D eigenvalue weighted by Crippen LogP contribution is -2.44. The Morgan fingerprint density at radius 3 is 2.63 bits per heavy atom. The maximum atomic E-state index is 13.6. The van der Waals surface area contributed by atoms with Gasteiger partial charge in [-0.1, -0.05) is 41.1 Å². The van der Waals surface area contributed by atoms with Gasteiger partial charge in [0.2, 0.25) is 15.9 Å². The second kappa shape index (κ2) is 10.1. The van der Waals surface area contributed by atoms with Gasteiger partial charge in [-0.3, -0.25) is 4.79 Å². The van der Waals surface area contributed by atoms with Gasteiger partial charge in [0.1, 0.15) is 11.5 Å². The molecule has 4 rings (SSSR count). The number of rotatable bonds is 6. The molecule has 1 fully saturated rings. The zero-order valence-corrected chi connectivity index (χ0v) is 21.2. The van der Waals surface area contributed by atoms with Crippen molar-refractivity contribution in [2.24, 2.45) is 5.92 Å². The summed E-state index contributed by atoms with van der Waals surface area (Å²) in [6.45, 7) is 7.95. The van der Waals surface area contributed by atoms with Crippen LogP contribution in [0.4, 0.5) is 5.82 Å². The van der Waals surface area contributed by atoms with Crippen LogP contribution in [0.25, 0.3) is 12.2 Å². The number of carbonyl (C=O) groups excluding carboxylic acids is 1. The SMILES string of the molecule is Cc1ccc(NC(=O)C2CCCN(S(=O)(=O)c3c(C)noc3/C=C/c3cc(C)ccc3C)C2)nc1. The minimum atomic E-state index is -3.92. The van der Waals surface area contributed by atoms with Gasteiger partial charge in [-0.05, 0) is 69.4 Å². The Hall–Kier alpha value is -3.30. The second-order valence-corrected chi connectivity index (χ2v) is 10.9. The van der Waals surface area contributed by atoms with E-state index in [1.807, 2.05) is 51.1 Å². The number of sulfonamides is 1. The average molecular weight is 495 g/mol. The molecule has 1 unspecified atom stereocenters. The van der Waals surface area contributed by atoms with E-state index in [2.05, 4.69) is 15.5 Å². The predicted molar refractivity (Wildman–Crippen MR) is 135 cm³/mol. The molecule has 0 spiro atoms. The lowest BCUT2D eigenvalue weighted by Gasteiger charge is -2.31. The highest BCUT2D eigenvalue weighted by atomic mass is 32.2. The van der Waals surface area contributed by atoms with Crippen molar-refractivity contribution in [1.29, 1.82) is 0 Å². The number of aryl methyl sites for hydroxylation is 4. The molecule has 1 N–H and O–H groups in total. The normalized spacial score (nSPS) is 17.1. The van der Waals surface area contributed by atoms with E-state index in [1.165, 1.54) is 4.31 Å². The van der Waals surface area contributed by atoms with E-state index in [9.17, 15) is 13.2 Å². The molecule has 3 heterocycles. The average Bonchev–Trinajstić information content (AvgIpc) is 3.22. The van der Waals surface area contributed by atoms with Crippen LogP contribution in [0.5, 0.6) is 0 Å². The summed E-state index contributed by atoms with van der Waals surface area (Å²) in [4.78, 5) is 17.1. The highest BCUT2D eigenvalue weighted by Crippen LogP contribution is 2.30. The summed E-state index contributed by atoms with van der Waals surface area (Å²) in [5, 5.41) is 6.73. The monoisotopic (exact) mass is 494 g/mol. The van der Waals surface area contributed by atoms with E-state index in [4.69, 9.17) is 4.52 Å². The molecule has 8 nitrogen and oxygen atoms in total. The third-order valence-electron chi connectivity index (χ3n) is 6.20. The smallest absolute Gasteiger partial charge is 0.248 e. The number of anilines is 1. The number of hydrogen-bond donors (Lipinski definition) is 1. The Labute approximate surface area is 206 Å². The van der Waals surface area contributed by atoms with Gasteiger partial charge in [0.15, 0.2) is 10.7 Å². The van der Waals surface area contributed by atoms with Crippen molar-refractivity contribution in [3.63, 3.8) is 0 Å². The highest BCUT2D eigenvalue weighted by Gasteiger charge is 2.37. The van der Waals surface area contributed by atoms with Crippen molar-refractivity contribution >= 4 is 33.9 Å². The van der Waals surface area contributed by atoms with E-state index < -0.39 is 15.9 Å². The lowest BCUT2D eigenvalue weighted by molar-refractivity contribution is -0.120. The van der Waals surface area contributed by atoms with Gasteiger partial charge < -0.3 is 9.84 Å². The summed E-state index contributed by atoms with van der Waals surface area (Å²) < 4.78 is 34.0. The number of nitrogens with one attached hydrogen (secondary N) is 1. The summed E-state index contributed by atoms with van der Waals surface area (Å²) in [7, 11) is -3.92. The van der Waals surface area contributed by atoms with E-state index in [0.29, 0.717) is 30.9 Å². The van der Waals surface area contributed by atoms with Crippen LogP contribution < -0.4 is 5.32 Å². The molecule has 1 saturated heterocycles. The number of piperidine rings is 1. The third-order valence-corrected chi connectivity index (χ3v) is 8.22. The predicted octanol–water partition coefficient (Wildman–Crippen LogP) is 4.51. The van der Waals surface area contributed by atoms with E-state index >= 15 is 0 Å². The van der Waals surface area contributed by atoms with Crippen molar-refractivity contribution in [1.82, 2.24) is 14.4 Å². The van der Waals surface area contributed by atoms with Crippen LogP contribution in [-0.2, 0) is 14.8 Å². The third kappa shape index (κ3) is 5.52. The Balaban J connectivity index is 1.55. The molecule has 1 aliphatic heterocycles. The standard InChI is InChI=1S/C26H30N4O4S/c1-17-7-9-19(3)21(14-17)10-11-23-25(20(4)29-34-23)35(32,33)30-13-5-6-22(16-30)26(31)28-24-12-8-18(2)15-27-24/h7-12,14-15,22H,5-6,13,16H2,1-4H3,(H,27,28,31)/b11-10+. The number of pyridine rings is 1. The number of hydrogen-bond acceptors (Lipinski definition) is 6. The topological polar surface area (TPSA) is 105 Å². The van der Waals surface area contributed by atoms with Gasteiger partial charge in [0.25, 0.3) is 0 Å². The summed E-state index contributed by atoms with van der Waals surface area (Å²) in [5.41, 5.74) is 4.43. The summed E-state index contributed by atoms with van der Waals surface area (Å²) in [6, 6.07) is 9.67. The van der Waals surface area contributed by atoms with Gasteiger partial charge in [0, 0.05) is 19.3 Å². The van der Waals surface area contributed by atoms with Crippen LogP contribution >= 0.6 is 0 Å². The van der Waals surface area contributed by atoms with Gasteiger partial charge in [-0.15, -0.1) is 0 Å². The second-order valence-electron chi connectivity index (χ2n) is 9.07. The fourth-order valence-electron chi connectivity index (χ4n) is 4.18. The quantitative estimate of drug-likeness (QED) is 0.540. The molecule has 1 atom stereocenters. The molecule has 0 radical (unpaired) electrons. The molecule has 1 amide bonds. The Kier molecular flexibility index (Phi) is 7.18. The number of carbonyl (C=O) groups is 1. The molecule has 1 aromatic carbocycles. The van der Waals surface area contributed by atoms with Crippen LogP contribution in [0.2, 0.25) is 0 Å². The molecule has 1 aliphatic rings. The first-order valence-electron chi connectivity index (χ1n) is 11.6. The first-order valence-corrected chi connectivity index (χ1v) is 13.0. The molecular formula is C26H30N4O4S. The van der Waals surface area contributed by atoms with Gasteiger partial charge in [0.05, 0.1) is 5.92 Å². The molecule has 0 aliphatic carbocycles. The molecule has 9 heteroatoms. The van der Waals surface area contributed by atoms with Crippen LogP contribution in [0.15, 0.2) is 45.9 Å². The summed E-state index contributed by atoms with van der Waals surface area (Å²) in [6.07, 6.45) is 6.34. The van der Waals surface area contributed by atoms with E-state index in [-0.39, 0.29) is 23.1 Å². The fourth-order valence-corrected chi connectivity index (χ4v) is 5.95. The van der Waals surface area contributed by atoms with E-state index in [1.54, 1.807) is 25.3 Å². The molecule has 184 valence electrons. The Morgan fingerprint density at radius 2 is 1.89 bits per heavy atom. The molecule has 0 bridgehead atoms. The highest BCUT2D eigenvalue weighted by molar-refractivity contribution is 7.89. The first kappa shape index (κ1) is 24.8. The summed E-state index contributed by atoms with van der Waals surface area (Å²) in [5.74, 6) is -0.0813. The first-order chi connectivity index (χ1) is 16.6. The molecule has 0 saturated carbocycles. The molecule has 3 aromatic rings. The lowest BCUT2D eigenvalue weighted by atomic mass is 9.99. The van der Waals surface area contributed by atoms with Crippen molar-refractivity contribution in [2.75, 3.05) is 18.4 Å². The molecule has 35 heavy (non-hydrogen) atoms. The van der Waals surface area contributed by atoms with E-state index in [0.717, 1.165) is 22.3 Å². The van der Waals surface area contributed by atoms with Crippen molar-refractivity contribution in [3.05, 3.63) is 70.2 Å². The number of aromatic nitrogens is 2. The van der Waals surface area contributed by atoms with Crippen molar-refractivity contribution in [2.45, 2.75) is 45.4 Å². The maximum absolute atomic E-state index is 13.6. The van der Waals surface area contributed by atoms with Gasteiger partial charge in [-0.25, -0.2) is 13.4 Å². The number of nitrogens with zero attached hydrogens (tertiary/aromatic N) is 3. The maximum Gasteiger partial charge on any atom is 0.248 e. The molecular weight excluding hydrogens is 464 g/mol. The van der Waals surface area contributed by atoms with Gasteiger partial charge >= 0.3 is 0 Å². The Morgan fingerprint density at radius 1 is 1.11 bits per heavy atom. The minimum absolute atomic E-state index is 0.0420. The van der Waals surface area contributed by atoms with Gasteiger partial charge in [-0.2, -0.15) is 4.31 Å². The molecule has 2 aromatic heterocycles. The van der Waals surface area contributed by atoms with Crippen molar-refractivity contribution < 1.29 is 17.7 Å². The minimum Gasteiger partial charge on any atom is -0.355 e. The largest absolute Gasteiger partial charge is 0.355 e. The fraction of sp³-hybridized carbons (Fsp3) is 0.346. The van der Waals surface area contributed by atoms with Crippen LogP contribution in [0.3, 0.4) is 0 Å². The summed E-state index contributed by atoms with van der Waals surface area (Å²) >= 11 is 0. The van der Waals surface area contributed by atoms with Crippen LogP contribution in [0.1, 0.15) is 46.5 Å². The number of benzene rings is 1. The zero-order chi connectivity index (χ0) is 25.2. The van der Waals surface area contributed by atoms with Crippen LogP contribution in [-0.4, -0.2) is 41.9 Å². The van der Waals surface area contributed by atoms with Crippen LogP contribution in [0, 0.1) is 33.6 Å². The number of amides is 1. The Bertz CT molecular complexity index is 1360. The zero-order valence-electron chi connectivity index (χ0n) is 20.4.